The monoisotopic (exact) mass is 583 g/mol. The fourth-order valence-corrected chi connectivity index (χ4v) is 8.59. The summed E-state index contributed by atoms with van der Waals surface area (Å²) >= 11 is 6.39. The van der Waals surface area contributed by atoms with Gasteiger partial charge >= 0.3 is 0 Å². The van der Waals surface area contributed by atoms with E-state index in [1.54, 1.807) is 6.07 Å². The van der Waals surface area contributed by atoms with E-state index < -0.39 is 9.71 Å². The maximum Gasteiger partial charge on any atom is 0.262 e. The molecule has 1 fully saturated rings. The van der Waals surface area contributed by atoms with Crippen LogP contribution in [0.3, 0.4) is 0 Å². The highest BCUT2D eigenvalue weighted by molar-refractivity contribution is 7.99. The zero-order valence-electron chi connectivity index (χ0n) is 22.9. The zero-order valence-corrected chi connectivity index (χ0v) is 24.4. The number of carbonyl (C=O) groups is 1. The molecule has 9 heteroatoms. The van der Waals surface area contributed by atoms with Crippen molar-refractivity contribution in [3.63, 3.8) is 0 Å². The van der Waals surface area contributed by atoms with Gasteiger partial charge in [-0.3, -0.25) is 9.52 Å². The number of amides is 1. The van der Waals surface area contributed by atoms with Gasteiger partial charge in [0.2, 0.25) is 0 Å². The molecule has 2 aliphatic carbocycles. The molecule has 2 aromatic carbocycles. The number of oxime groups is 1. The first kappa shape index (κ1) is 27.5. The molecule has 0 aromatic heterocycles. The molecule has 2 aromatic rings. The quantitative estimate of drug-likeness (QED) is 0.239. The van der Waals surface area contributed by atoms with Crippen LogP contribution in [0.2, 0.25) is 5.02 Å². The van der Waals surface area contributed by atoms with E-state index in [9.17, 15) is 14.2 Å². The van der Waals surface area contributed by atoms with Crippen molar-refractivity contribution in [3.05, 3.63) is 58.1 Å². The molecular formula is C31H38ClN3O4S. The standard InChI is InChI=1S/C31H38ClN3O4S/c1-40(38)15-4-2-3-7-27(33-37)25-11-8-23(25)18-35-19-31(14-5-6-21-16-24(32)10-12-26(21)31)20-39-29-13-9-22(17-28(29)35)30(36)34-40/h9-10,12-13,16-17,23,25,37H,1-8,11,14-15,18-20H2,(H,34,36,38)/b33-27+/t23-,25+,31-,40?/m0/s1. The fraction of sp³-hybridized carbons (Fsp3) is 0.516. The Morgan fingerprint density at radius 2 is 2.00 bits per heavy atom. The minimum Gasteiger partial charge on any atom is -0.490 e. The minimum atomic E-state index is -2.77. The molecule has 214 valence electrons. The third-order valence-electron chi connectivity index (χ3n) is 9.41. The number of ether oxygens (including phenoxy) is 1. The van der Waals surface area contributed by atoms with Crippen LogP contribution in [-0.2, 0) is 21.5 Å². The van der Waals surface area contributed by atoms with Crippen LogP contribution in [0, 0.1) is 11.8 Å². The summed E-state index contributed by atoms with van der Waals surface area (Å²) in [6.45, 7) is 2.07. The first-order chi connectivity index (χ1) is 19.3. The zero-order chi connectivity index (χ0) is 27.9. The number of anilines is 1. The Bertz CT molecular complexity index is 1440. The molecule has 2 bridgehead atoms. The number of benzene rings is 2. The van der Waals surface area contributed by atoms with Crippen molar-refractivity contribution in [2.75, 3.05) is 30.3 Å². The molecule has 2 heterocycles. The summed E-state index contributed by atoms with van der Waals surface area (Å²) in [4.78, 5) is 15.6. The normalized spacial score (nSPS) is 31.8. The lowest BCUT2D eigenvalue weighted by Crippen LogP contribution is -2.49. The van der Waals surface area contributed by atoms with E-state index in [0.29, 0.717) is 30.3 Å². The molecule has 40 heavy (non-hydrogen) atoms. The smallest absolute Gasteiger partial charge is 0.262 e. The number of hydrogen-bond donors (Lipinski definition) is 2. The first-order valence-electron chi connectivity index (χ1n) is 14.5. The van der Waals surface area contributed by atoms with E-state index in [4.69, 9.17) is 16.3 Å². The van der Waals surface area contributed by atoms with Crippen LogP contribution in [0.25, 0.3) is 0 Å². The summed E-state index contributed by atoms with van der Waals surface area (Å²) in [6, 6.07) is 11.7. The summed E-state index contributed by atoms with van der Waals surface area (Å²) in [7, 11) is -2.77. The van der Waals surface area contributed by atoms with Crippen LogP contribution in [0.4, 0.5) is 5.69 Å². The van der Waals surface area contributed by atoms with Crippen molar-refractivity contribution in [2.24, 2.45) is 17.0 Å². The molecule has 1 amide bonds. The Balaban J connectivity index is 1.42. The van der Waals surface area contributed by atoms with Crippen molar-refractivity contribution in [1.29, 1.82) is 0 Å². The number of halogens is 1. The molecule has 1 unspecified atom stereocenters. The van der Waals surface area contributed by atoms with E-state index in [2.05, 4.69) is 32.8 Å². The molecule has 0 saturated heterocycles. The molecule has 2 N–H and O–H groups in total. The molecule has 0 radical (unpaired) electrons. The van der Waals surface area contributed by atoms with Gasteiger partial charge in [-0.25, -0.2) is 4.21 Å². The van der Waals surface area contributed by atoms with E-state index in [1.165, 1.54) is 11.1 Å². The first-order valence-corrected chi connectivity index (χ1v) is 16.7. The summed E-state index contributed by atoms with van der Waals surface area (Å²) < 4.78 is 22.3. The lowest BCUT2D eigenvalue weighted by Gasteiger charge is -2.44. The maximum atomic E-state index is 13.3. The number of rotatable bonds is 0. The second kappa shape index (κ2) is 10.9. The number of fused-ring (bicyclic) bond motifs is 4. The average molecular weight is 584 g/mol. The van der Waals surface area contributed by atoms with E-state index in [0.717, 1.165) is 86.6 Å². The third kappa shape index (κ3) is 5.32. The number of aryl methyl sites for hydroxylation is 1. The summed E-state index contributed by atoms with van der Waals surface area (Å²) in [5, 5.41) is 14.4. The average Bonchev–Trinajstić information content (AvgIpc) is 3.06. The number of carbonyl (C=O) groups excluding carboxylic acids is 1. The van der Waals surface area contributed by atoms with E-state index >= 15 is 0 Å². The Labute approximate surface area is 242 Å². The lowest BCUT2D eigenvalue weighted by atomic mass is 9.68. The van der Waals surface area contributed by atoms with Gasteiger partial charge in [-0.05, 0) is 105 Å². The molecule has 2 aliphatic heterocycles. The van der Waals surface area contributed by atoms with Gasteiger partial charge in [0, 0.05) is 50.5 Å². The van der Waals surface area contributed by atoms with Crippen molar-refractivity contribution in [3.8, 4) is 5.75 Å². The number of nitrogens with one attached hydrogen (secondary N) is 1. The van der Waals surface area contributed by atoms with E-state index in [1.807, 2.05) is 18.2 Å². The van der Waals surface area contributed by atoms with Crippen LogP contribution < -0.4 is 14.4 Å². The van der Waals surface area contributed by atoms with Gasteiger partial charge < -0.3 is 14.8 Å². The van der Waals surface area contributed by atoms with Crippen molar-refractivity contribution >= 4 is 44.5 Å². The topological polar surface area (TPSA) is 91.2 Å². The molecule has 1 saturated carbocycles. The molecular weight excluding hydrogens is 546 g/mol. The third-order valence-corrected chi connectivity index (χ3v) is 11.2. The predicted molar refractivity (Wildman–Crippen MR) is 162 cm³/mol. The maximum absolute atomic E-state index is 13.3. The number of nitrogens with zero attached hydrogens (tertiary/aromatic N) is 2. The lowest BCUT2D eigenvalue weighted by molar-refractivity contribution is 0.0982. The highest BCUT2D eigenvalue weighted by Gasteiger charge is 2.44. The summed E-state index contributed by atoms with van der Waals surface area (Å²) in [5.41, 5.74) is 4.56. The van der Waals surface area contributed by atoms with Crippen LogP contribution in [-0.4, -0.2) is 52.4 Å². The Morgan fingerprint density at radius 1 is 1.12 bits per heavy atom. The predicted octanol–water partition coefficient (Wildman–Crippen LogP) is 5.60. The Hall–Kier alpha value is -2.71. The number of hydrogen-bond acceptors (Lipinski definition) is 6. The Kier molecular flexibility index (Phi) is 7.51. The van der Waals surface area contributed by atoms with Crippen molar-refractivity contribution in [1.82, 2.24) is 4.72 Å². The van der Waals surface area contributed by atoms with Crippen LogP contribution >= 0.6 is 11.6 Å². The fourth-order valence-electron chi connectivity index (χ4n) is 7.17. The van der Waals surface area contributed by atoms with Gasteiger partial charge in [0.05, 0.1) is 18.0 Å². The minimum absolute atomic E-state index is 0.213. The summed E-state index contributed by atoms with van der Waals surface area (Å²) in [5.74, 6) is 5.12. The molecule has 4 atom stereocenters. The van der Waals surface area contributed by atoms with Gasteiger partial charge in [-0.15, -0.1) is 0 Å². The SMILES string of the molecule is C=S1(=O)CCCCC/C(=N\O)[C@@H]2CC[C@H]2CN2C[C@@]3(CCCc4cc(Cl)ccc43)COc3ccc(cc32)C(=O)N1. The largest absolute Gasteiger partial charge is 0.490 e. The molecule has 1 spiro atoms. The van der Waals surface area contributed by atoms with Gasteiger partial charge in [0.15, 0.2) is 0 Å². The van der Waals surface area contributed by atoms with Crippen molar-refractivity contribution in [2.45, 2.75) is 63.2 Å². The van der Waals surface area contributed by atoms with Gasteiger partial charge in [-0.1, -0.05) is 29.2 Å². The van der Waals surface area contributed by atoms with Crippen LogP contribution in [0.1, 0.15) is 72.9 Å². The van der Waals surface area contributed by atoms with E-state index in [-0.39, 0.29) is 17.2 Å². The van der Waals surface area contributed by atoms with Gasteiger partial charge in [-0.2, -0.15) is 0 Å². The van der Waals surface area contributed by atoms with Crippen molar-refractivity contribution < 1.29 is 18.9 Å². The highest BCUT2D eigenvalue weighted by atomic mass is 35.5. The molecule has 6 rings (SSSR count). The van der Waals surface area contributed by atoms with Gasteiger partial charge in [0.25, 0.3) is 5.91 Å². The second-order valence-electron chi connectivity index (χ2n) is 12.1. The second-order valence-corrected chi connectivity index (χ2v) is 14.8. The highest BCUT2D eigenvalue weighted by Crippen LogP contribution is 2.46. The Morgan fingerprint density at radius 3 is 2.80 bits per heavy atom. The van der Waals surface area contributed by atoms with Crippen LogP contribution in [0.15, 0.2) is 41.6 Å². The van der Waals surface area contributed by atoms with Crippen LogP contribution in [0.5, 0.6) is 5.75 Å². The van der Waals surface area contributed by atoms with Gasteiger partial charge in [0.1, 0.15) is 5.75 Å². The molecule has 7 nitrogen and oxygen atoms in total. The molecule has 4 aliphatic rings. The summed E-state index contributed by atoms with van der Waals surface area (Å²) in [6.07, 6.45) is 8.26.